The largest absolute Gasteiger partial charge is 0.248 e. The Hall–Kier alpha value is -6.59. The highest BCUT2D eigenvalue weighted by Gasteiger charge is 2.14. The fourth-order valence-corrected chi connectivity index (χ4v) is 6.16. The second kappa shape index (κ2) is 11.6. The van der Waals surface area contributed by atoms with E-state index in [1.54, 1.807) is 0 Å². The molecule has 0 amide bonds. The molecular formula is C43H27N5. The van der Waals surface area contributed by atoms with Crippen LogP contribution in [0.4, 0.5) is 0 Å². The van der Waals surface area contributed by atoms with Gasteiger partial charge in [0.15, 0.2) is 17.5 Å². The lowest BCUT2D eigenvalue weighted by Gasteiger charge is -2.10. The van der Waals surface area contributed by atoms with Gasteiger partial charge in [-0.05, 0) is 58.3 Å². The Balaban J connectivity index is 1.08. The quantitative estimate of drug-likeness (QED) is 0.193. The molecule has 0 aliphatic rings. The smallest absolute Gasteiger partial charge is 0.182 e. The highest BCUT2D eigenvalue weighted by atomic mass is 15.0. The van der Waals surface area contributed by atoms with Crippen molar-refractivity contribution < 1.29 is 0 Å². The molecule has 0 aliphatic carbocycles. The van der Waals surface area contributed by atoms with Crippen LogP contribution in [0.25, 0.3) is 89.3 Å². The van der Waals surface area contributed by atoms with Gasteiger partial charge in [-0.25, -0.2) is 24.9 Å². The molecule has 0 spiro atoms. The number of benzene rings is 6. The lowest BCUT2D eigenvalue weighted by Crippen LogP contribution is -2.01. The van der Waals surface area contributed by atoms with Gasteiger partial charge in [-0.1, -0.05) is 127 Å². The topological polar surface area (TPSA) is 64.5 Å². The summed E-state index contributed by atoms with van der Waals surface area (Å²) in [4.78, 5) is 24.6. The zero-order valence-corrected chi connectivity index (χ0v) is 25.8. The van der Waals surface area contributed by atoms with Crippen molar-refractivity contribution in [2.24, 2.45) is 0 Å². The maximum atomic E-state index is 5.07. The Kier molecular flexibility index (Phi) is 6.72. The van der Waals surface area contributed by atoms with E-state index in [0.717, 1.165) is 55.3 Å². The van der Waals surface area contributed by atoms with Gasteiger partial charge in [-0.3, -0.25) is 0 Å². The molecule has 3 aromatic heterocycles. The normalized spacial score (nSPS) is 11.3. The molecule has 0 saturated carbocycles. The second-order valence-electron chi connectivity index (χ2n) is 11.8. The Bertz CT molecular complexity index is 2560. The van der Waals surface area contributed by atoms with Crippen LogP contribution in [0.2, 0.25) is 0 Å². The van der Waals surface area contributed by atoms with E-state index in [0.29, 0.717) is 23.2 Å². The summed E-state index contributed by atoms with van der Waals surface area (Å²) in [5, 5.41) is 4.58. The third kappa shape index (κ3) is 5.23. The Labute approximate surface area is 277 Å². The van der Waals surface area contributed by atoms with Crippen LogP contribution < -0.4 is 0 Å². The molecule has 0 saturated heterocycles. The van der Waals surface area contributed by atoms with E-state index in [-0.39, 0.29) is 0 Å². The van der Waals surface area contributed by atoms with Crippen LogP contribution >= 0.6 is 0 Å². The van der Waals surface area contributed by atoms with Crippen LogP contribution in [-0.2, 0) is 0 Å². The Morgan fingerprint density at radius 2 is 0.771 bits per heavy atom. The lowest BCUT2D eigenvalue weighted by molar-refractivity contribution is 1.06. The molecule has 5 heteroatoms. The van der Waals surface area contributed by atoms with E-state index >= 15 is 0 Å². The molecule has 0 aliphatic heterocycles. The van der Waals surface area contributed by atoms with Crippen LogP contribution in [0.5, 0.6) is 0 Å². The first-order chi connectivity index (χ1) is 23.7. The van der Waals surface area contributed by atoms with Gasteiger partial charge in [-0.15, -0.1) is 0 Å². The number of hydrogen-bond acceptors (Lipinski definition) is 5. The molecule has 0 atom stereocenters. The van der Waals surface area contributed by atoms with Gasteiger partial charge < -0.3 is 0 Å². The fraction of sp³-hybridized carbons (Fsp3) is 0. The van der Waals surface area contributed by atoms with Crippen LogP contribution in [0.1, 0.15) is 0 Å². The molecule has 48 heavy (non-hydrogen) atoms. The van der Waals surface area contributed by atoms with E-state index in [2.05, 4.69) is 97.1 Å². The number of fused-ring (bicyclic) bond motifs is 3. The third-order valence-electron chi connectivity index (χ3n) is 8.69. The van der Waals surface area contributed by atoms with E-state index in [4.69, 9.17) is 24.9 Å². The van der Waals surface area contributed by atoms with Gasteiger partial charge in [0.05, 0.1) is 16.7 Å². The van der Waals surface area contributed by atoms with Crippen molar-refractivity contribution >= 4 is 32.6 Å². The zero-order valence-electron chi connectivity index (χ0n) is 25.8. The van der Waals surface area contributed by atoms with E-state index in [9.17, 15) is 0 Å². The molecule has 0 fully saturated rings. The predicted octanol–water partition coefficient (Wildman–Crippen LogP) is 10.5. The van der Waals surface area contributed by atoms with Crippen molar-refractivity contribution in [3.63, 3.8) is 0 Å². The van der Waals surface area contributed by atoms with Crippen LogP contribution in [-0.4, -0.2) is 24.9 Å². The van der Waals surface area contributed by atoms with Crippen molar-refractivity contribution in [3.8, 4) is 56.7 Å². The summed E-state index contributed by atoms with van der Waals surface area (Å²) >= 11 is 0. The van der Waals surface area contributed by atoms with Gasteiger partial charge in [0.2, 0.25) is 0 Å². The summed E-state index contributed by atoms with van der Waals surface area (Å²) in [5.41, 5.74) is 8.65. The molecule has 5 nitrogen and oxygen atoms in total. The number of nitrogens with zero attached hydrogens (tertiary/aromatic N) is 5. The van der Waals surface area contributed by atoms with E-state index in [1.807, 2.05) is 66.7 Å². The van der Waals surface area contributed by atoms with Crippen molar-refractivity contribution in [3.05, 3.63) is 164 Å². The Morgan fingerprint density at radius 3 is 1.54 bits per heavy atom. The van der Waals surface area contributed by atoms with Gasteiger partial charge in [0.25, 0.3) is 0 Å². The molecule has 3 heterocycles. The first-order valence-corrected chi connectivity index (χ1v) is 15.9. The molecular weight excluding hydrogens is 587 g/mol. The average Bonchev–Trinajstić information content (AvgIpc) is 3.17. The third-order valence-corrected chi connectivity index (χ3v) is 8.69. The van der Waals surface area contributed by atoms with Crippen molar-refractivity contribution in [1.29, 1.82) is 0 Å². The second-order valence-corrected chi connectivity index (χ2v) is 11.8. The average molecular weight is 614 g/mol. The molecule has 0 unspecified atom stereocenters. The summed E-state index contributed by atoms with van der Waals surface area (Å²) in [6.45, 7) is 0. The highest BCUT2D eigenvalue weighted by molar-refractivity contribution is 5.91. The monoisotopic (exact) mass is 613 g/mol. The van der Waals surface area contributed by atoms with Gasteiger partial charge >= 0.3 is 0 Å². The van der Waals surface area contributed by atoms with Crippen molar-refractivity contribution in [1.82, 2.24) is 24.9 Å². The SMILES string of the molecule is c1ccc(-c2nc(-c3ccccc3)nc(-c3ccc4ccc(-c5ccc6nc(-c7ccc8ccccc8c7)ccc6c5)cc4n3)n2)cc1. The maximum absolute atomic E-state index is 5.07. The molecule has 9 aromatic rings. The first-order valence-electron chi connectivity index (χ1n) is 15.9. The van der Waals surface area contributed by atoms with Crippen LogP contribution in [0, 0.1) is 0 Å². The molecule has 6 aromatic carbocycles. The summed E-state index contributed by atoms with van der Waals surface area (Å²) in [6, 6.07) is 56.0. The molecule has 0 radical (unpaired) electrons. The first kappa shape index (κ1) is 27.7. The summed E-state index contributed by atoms with van der Waals surface area (Å²) in [7, 11) is 0. The Morgan fingerprint density at radius 1 is 0.250 bits per heavy atom. The highest BCUT2D eigenvalue weighted by Crippen LogP contribution is 2.31. The lowest BCUT2D eigenvalue weighted by atomic mass is 10.0. The number of rotatable bonds is 5. The van der Waals surface area contributed by atoms with Gasteiger partial charge in [-0.2, -0.15) is 0 Å². The molecule has 0 N–H and O–H groups in total. The predicted molar refractivity (Wildman–Crippen MR) is 195 cm³/mol. The fourth-order valence-electron chi connectivity index (χ4n) is 6.16. The van der Waals surface area contributed by atoms with Crippen molar-refractivity contribution in [2.75, 3.05) is 0 Å². The van der Waals surface area contributed by atoms with Crippen molar-refractivity contribution in [2.45, 2.75) is 0 Å². The number of aromatic nitrogens is 5. The molecule has 224 valence electrons. The standard InChI is InChI=1S/C43H27N5/c1-3-10-30(11-4-1)41-46-42(31-12-5-2-6-13-31)48-43(47-41)39-24-19-29-16-17-34(27-40(29)45-39)33-20-22-37-36(26-33)21-23-38(44-37)35-18-15-28-9-7-8-14-32(28)25-35/h1-27H. The van der Waals surface area contributed by atoms with E-state index < -0.39 is 0 Å². The minimum atomic E-state index is 0.536. The van der Waals surface area contributed by atoms with Gasteiger partial charge in [0.1, 0.15) is 5.69 Å². The van der Waals surface area contributed by atoms with E-state index in [1.165, 1.54) is 10.8 Å². The maximum Gasteiger partial charge on any atom is 0.182 e. The molecule has 0 bridgehead atoms. The summed E-state index contributed by atoms with van der Waals surface area (Å²) in [5.74, 6) is 1.77. The minimum Gasteiger partial charge on any atom is -0.248 e. The zero-order chi connectivity index (χ0) is 31.9. The number of hydrogen-bond donors (Lipinski definition) is 0. The van der Waals surface area contributed by atoms with Crippen LogP contribution in [0.15, 0.2) is 164 Å². The summed E-state index contributed by atoms with van der Waals surface area (Å²) in [6.07, 6.45) is 0. The number of pyridine rings is 2. The summed E-state index contributed by atoms with van der Waals surface area (Å²) < 4.78 is 0. The minimum absolute atomic E-state index is 0.536. The van der Waals surface area contributed by atoms with Crippen LogP contribution in [0.3, 0.4) is 0 Å². The molecule has 9 rings (SSSR count). The van der Waals surface area contributed by atoms with Gasteiger partial charge in [0, 0.05) is 27.5 Å².